The number of hydrogen-bond donors (Lipinski definition) is 1. The van der Waals surface area contributed by atoms with Crippen LogP contribution in [-0.2, 0) is 4.79 Å². The zero-order valence-electron chi connectivity index (χ0n) is 14.1. The van der Waals surface area contributed by atoms with E-state index in [0.717, 1.165) is 12.0 Å². The average molecular weight is 329 g/mol. The molecule has 1 N–H and O–H groups in total. The van der Waals surface area contributed by atoms with Crippen molar-refractivity contribution in [3.63, 3.8) is 0 Å². The van der Waals surface area contributed by atoms with Gasteiger partial charge in [0.25, 0.3) is 5.91 Å². The molecule has 1 aliphatic carbocycles. The van der Waals surface area contributed by atoms with Gasteiger partial charge in [-0.25, -0.2) is 0 Å². The van der Waals surface area contributed by atoms with Crippen LogP contribution in [0.2, 0.25) is 0 Å². The highest BCUT2D eigenvalue weighted by Crippen LogP contribution is 2.29. The molecule has 1 aromatic carbocycles. The molecule has 1 fully saturated rings. The number of hydrogen-bond acceptors (Lipinski definition) is 5. The molecule has 128 valence electrons. The highest BCUT2D eigenvalue weighted by Gasteiger charge is 2.28. The van der Waals surface area contributed by atoms with Gasteiger partial charge in [0.1, 0.15) is 5.75 Å². The minimum Gasteiger partial charge on any atom is -0.484 e. The van der Waals surface area contributed by atoms with E-state index < -0.39 is 0 Å². The molecule has 6 heteroatoms. The lowest BCUT2D eigenvalue weighted by Crippen LogP contribution is -2.45. The molecule has 2 aromatic rings. The first-order valence-corrected chi connectivity index (χ1v) is 8.42. The van der Waals surface area contributed by atoms with E-state index in [1.807, 2.05) is 12.1 Å². The summed E-state index contributed by atoms with van der Waals surface area (Å²) in [7, 11) is 0. The van der Waals surface area contributed by atoms with E-state index in [4.69, 9.17) is 9.15 Å². The van der Waals surface area contributed by atoms with E-state index in [9.17, 15) is 4.79 Å². The first-order chi connectivity index (χ1) is 11.6. The molecule has 0 unspecified atom stereocenters. The molecule has 1 aromatic heterocycles. The first kappa shape index (κ1) is 16.5. The number of nitrogens with zero attached hydrogens (tertiary/aromatic N) is 2. The summed E-state index contributed by atoms with van der Waals surface area (Å²) < 4.78 is 10.7. The van der Waals surface area contributed by atoms with Crippen LogP contribution in [-0.4, -0.2) is 28.8 Å². The van der Waals surface area contributed by atoms with Gasteiger partial charge < -0.3 is 14.5 Å². The molecule has 1 saturated carbocycles. The van der Waals surface area contributed by atoms with Gasteiger partial charge >= 0.3 is 0 Å². The summed E-state index contributed by atoms with van der Waals surface area (Å²) >= 11 is 0. The second-order valence-corrected chi connectivity index (χ2v) is 6.50. The monoisotopic (exact) mass is 329 g/mol. The van der Waals surface area contributed by atoms with Gasteiger partial charge in [0, 0.05) is 11.6 Å². The van der Waals surface area contributed by atoms with Crippen molar-refractivity contribution in [2.24, 2.45) is 11.8 Å². The number of amides is 1. The molecule has 1 aliphatic rings. The minimum atomic E-state index is -0.0677. The normalized spacial score (nSPS) is 23.7. The predicted molar refractivity (Wildman–Crippen MR) is 89.3 cm³/mol. The Bertz CT molecular complexity index is 655. The quantitative estimate of drug-likeness (QED) is 0.912. The van der Waals surface area contributed by atoms with Crippen molar-refractivity contribution in [2.75, 3.05) is 6.61 Å². The third kappa shape index (κ3) is 3.93. The predicted octanol–water partition coefficient (Wildman–Crippen LogP) is 3.06. The van der Waals surface area contributed by atoms with Crippen molar-refractivity contribution >= 4 is 5.91 Å². The number of benzene rings is 1. The number of ether oxygens (including phenoxy) is 1. The zero-order chi connectivity index (χ0) is 16.9. The fourth-order valence-corrected chi connectivity index (χ4v) is 3.18. The summed E-state index contributed by atoms with van der Waals surface area (Å²) in [4.78, 5) is 12.1. The largest absolute Gasteiger partial charge is 0.484 e. The molecule has 0 aliphatic heterocycles. The molecule has 6 nitrogen and oxygen atoms in total. The second-order valence-electron chi connectivity index (χ2n) is 6.50. The maximum atomic E-state index is 12.1. The van der Waals surface area contributed by atoms with Crippen molar-refractivity contribution in [3.8, 4) is 17.2 Å². The molecule has 0 saturated heterocycles. The summed E-state index contributed by atoms with van der Waals surface area (Å²) in [6, 6.07) is 7.48. The Morgan fingerprint density at radius 1 is 1.29 bits per heavy atom. The lowest BCUT2D eigenvalue weighted by atomic mass is 9.78. The number of nitrogens with one attached hydrogen (secondary N) is 1. The van der Waals surface area contributed by atoms with Crippen LogP contribution in [0.4, 0.5) is 0 Å². The van der Waals surface area contributed by atoms with Crippen LogP contribution in [0.5, 0.6) is 5.75 Å². The van der Waals surface area contributed by atoms with Crippen molar-refractivity contribution < 1.29 is 13.9 Å². The molecule has 3 atom stereocenters. The summed E-state index contributed by atoms with van der Waals surface area (Å²) in [6.07, 6.45) is 4.76. The standard InChI is InChI=1S/C18H23N3O3/c1-12-4-3-5-16(13(12)2)20-17(22)10-23-15-8-6-14(7-9-15)18-21-19-11-24-18/h6-9,11-13,16H,3-5,10H2,1-2H3,(H,20,22)/t12-,13-,16-/m1/s1. The van der Waals surface area contributed by atoms with Crippen LogP contribution < -0.4 is 10.1 Å². The van der Waals surface area contributed by atoms with Crippen LogP contribution in [0.3, 0.4) is 0 Å². The lowest BCUT2D eigenvalue weighted by Gasteiger charge is -2.34. The Morgan fingerprint density at radius 3 is 2.79 bits per heavy atom. The summed E-state index contributed by atoms with van der Waals surface area (Å²) in [5.74, 6) is 2.19. The zero-order valence-corrected chi connectivity index (χ0v) is 14.1. The van der Waals surface area contributed by atoms with Gasteiger partial charge in [-0.1, -0.05) is 26.7 Å². The Balaban J connectivity index is 1.49. The minimum absolute atomic E-state index is 0.0253. The van der Waals surface area contributed by atoms with Crippen LogP contribution in [0.15, 0.2) is 35.1 Å². The van der Waals surface area contributed by atoms with Gasteiger partial charge in [-0.05, 0) is 42.5 Å². The van der Waals surface area contributed by atoms with Crippen molar-refractivity contribution in [3.05, 3.63) is 30.7 Å². The molecule has 1 amide bonds. The topological polar surface area (TPSA) is 77.2 Å². The second kappa shape index (κ2) is 7.47. The Morgan fingerprint density at radius 2 is 2.08 bits per heavy atom. The number of carbonyl (C=O) groups is 1. The highest BCUT2D eigenvalue weighted by atomic mass is 16.5. The lowest BCUT2D eigenvalue weighted by molar-refractivity contribution is -0.124. The van der Waals surface area contributed by atoms with Crippen LogP contribution >= 0.6 is 0 Å². The maximum absolute atomic E-state index is 12.1. The van der Waals surface area contributed by atoms with E-state index >= 15 is 0 Å². The Hall–Kier alpha value is -2.37. The van der Waals surface area contributed by atoms with Gasteiger partial charge in [0.2, 0.25) is 12.3 Å². The van der Waals surface area contributed by atoms with Gasteiger partial charge in [-0.3, -0.25) is 4.79 Å². The van der Waals surface area contributed by atoms with Crippen LogP contribution in [0.25, 0.3) is 11.5 Å². The molecule has 1 heterocycles. The number of carbonyl (C=O) groups excluding carboxylic acids is 1. The molecular weight excluding hydrogens is 306 g/mol. The van der Waals surface area contributed by atoms with Gasteiger partial charge in [-0.15, -0.1) is 10.2 Å². The average Bonchev–Trinajstić information content (AvgIpc) is 3.12. The fraction of sp³-hybridized carbons (Fsp3) is 0.500. The fourth-order valence-electron chi connectivity index (χ4n) is 3.18. The number of aromatic nitrogens is 2. The number of rotatable bonds is 5. The Kier molecular flexibility index (Phi) is 5.13. The molecular formula is C18H23N3O3. The van der Waals surface area contributed by atoms with E-state index in [1.165, 1.54) is 19.2 Å². The molecule has 0 bridgehead atoms. The Labute approximate surface area is 141 Å². The highest BCUT2D eigenvalue weighted by molar-refractivity contribution is 5.77. The van der Waals surface area contributed by atoms with Gasteiger partial charge in [-0.2, -0.15) is 0 Å². The molecule has 3 rings (SSSR count). The van der Waals surface area contributed by atoms with Crippen LogP contribution in [0.1, 0.15) is 33.1 Å². The van der Waals surface area contributed by atoms with Crippen molar-refractivity contribution in [2.45, 2.75) is 39.2 Å². The van der Waals surface area contributed by atoms with E-state index in [-0.39, 0.29) is 18.6 Å². The van der Waals surface area contributed by atoms with E-state index in [2.05, 4.69) is 29.4 Å². The van der Waals surface area contributed by atoms with Gasteiger partial charge in [0.05, 0.1) is 0 Å². The summed E-state index contributed by atoms with van der Waals surface area (Å²) in [5, 5.41) is 10.6. The van der Waals surface area contributed by atoms with Crippen molar-refractivity contribution in [1.29, 1.82) is 0 Å². The molecule has 24 heavy (non-hydrogen) atoms. The smallest absolute Gasteiger partial charge is 0.258 e. The summed E-state index contributed by atoms with van der Waals surface area (Å²) in [5.41, 5.74) is 0.814. The third-order valence-corrected chi connectivity index (χ3v) is 4.88. The van der Waals surface area contributed by atoms with E-state index in [0.29, 0.717) is 23.5 Å². The maximum Gasteiger partial charge on any atom is 0.258 e. The summed E-state index contributed by atoms with van der Waals surface area (Å²) in [6.45, 7) is 4.49. The first-order valence-electron chi connectivity index (χ1n) is 8.42. The van der Waals surface area contributed by atoms with Crippen LogP contribution in [0, 0.1) is 11.8 Å². The van der Waals surface area contributed by atoms with Crippen molar-refractivity contribution in [1.82, 2.24) is 15.5 Å². The van der Waals surface area contributed by atoms with Gasteiger partial charge in [0.15, 0.2) is 6.61 Å². The van der Waals surface area contributed by atoms with E-state index in [1.54, 1.807) is 12.1 Å². The SMILES string of the molecule is C[C@@H]1[C@H](C)CCC[C@H]1NC(=O)COc1ccc(-c2nnco2)cc1. The molecule has 0 spiro atoms. The molecule has 0 radical (unpaired) electrons. The third-order valence-electron chi connectivity index (χ3n) is 4.88.